The van der Waals surface area contributed by atoms with E-state index in [9.17, 15) is 5.11 Å². The van der Waals surface area contributed by atoms with Gasteiger partial charge in [0.05, 0.1) is 6.10 Å². The van der Waals surface area contributed by atoms with Gasteiger partial charge in [0.25, 0.3) is 0 Å². The molecule has 1 aliphatic carbocycles. The molecule has 70 valence electrons. The number of fused-ring (bicyclic) bond motifs is 1. The Hall–Kier alpha value is -0.340. The summed E-state index contributed by atoms with van der Waals surface area (Å²) in [5, 5.41) is 9.98. The van der Waals surface area contributed by atoms with Crippen LogP contribution in [0.25, 0.3) is 0 Å². The fraction of sp³-hybridized carbons (Fsp3) is 0.455. The first-order chi connectivity index (χ1) is 6.00. The Kier molecular flexibility index (Phi) is 2.00. The summed E-state index contributed by atoms with van der Waals surface area (Å²) in [6.07, 6.45) is 0.652. The van der Waals surface area contributed by atoms with Gasteiger partial charge in [-0.05, 0) is 35.1 Å². The third-order valence-electron chi connectivity index (χ3n) is 2.79. The molecule has 1 aromatic carbocycles. The van der Waals surface area contributed by atoms with Gasteiger partial charge < -0.3 is 5.11 Å². The number of rotatable bonds is 0. The molecule has 0 spiro atoms. The third kappa shape index (κ3) is 1.42. The van der Waals surface area contributed by atoms with Crippen molar-refractivity contribution in [3.63, 3.8) is 0 Å². The zero-order valence-electron chi connectivity index (χ0n) is 7.84. The van der Waals surface area contributed by atoms with Crippen molar-refractivity contribution in [1.29, 1.82) is 0 Å². The van der Waals surface area contributed by atoms with Gasteiger partial charge in [0.15, 0.2) is 0 Å². The van der Waals surface area contributed by atoms with Crippen molar-refractivity contribution in [2.75, 3.05) is 0 Å². The van der Waals surface area contributed by atoms with Crippen LogP contribution >= 0.6 is 15.9 Å². The molecule has 1 aromatic rings. The summed E-state index contributed by atoms with van der Waals surface area (Å²) in [4.78, 5) is 0. The molecule has 0 fully saturated rings. The molecule has 0 radical (unpaired) electrons. The van der Waals surface area contributed by atoms with Crippen LogP contribution in [0.5, 0.6) is 0 Å². The van der Waals surface area contributed by atoms with Crippen LogP contribution in [0.15, 0.2) is 22.7 Å². The SMILES string of the molecule is CC1(C)Cc2cc(Br)ccc2[C@H]1O. The minimum atomic E-state index is -0.310. The molecule has 1 nitrogen and oxygen atoms in total. The molecule has 0 saturated carbocycles. The molecule has 1 atom stereocenters. The molecule has 0 aromatic heterocycles. The number of hydrogen-bond acceptors (Lipinski definition) is 1. The van der Waals surface area contributed by atoms with Crippen LogP contribution in [-0.2, 0) is 6.42 Å². The van der Waals surface area contributed by atoms with Gasteiger partial charge in [-0.3, -0.25) is 0 Å². The van der Waals surface area contributed by atoms with Crippen LogP contribution in [0.3, 0.4) is 0 Å². The Labute approximate surface area is 86.9 Å². The summed E-state index contributed by atoms with van der Waals surface area (Å²) in [5.41, 5.74) is 2.35. The molecule has 0 saturated heterocycles. The number of hydrogen-bond donors (Lipinski definition) is 1. The quantitative estimate of drug-likeness (QED) is 0.740. The summed E-state index contributed by atoms with van der Waals surface area (Å²) in [6, 6.07) is 6.11. The highest BCUT2D eigenvalue weighted by Crippen LogP contribution is 2.45. The smallest absolute Gasteiger partial charge is 0.0846 e. The maximum Gasteiger partial charge on any atom is 0.0846 e. The van der Waals surface area contributed by atoms with Crippen molar-refractivity contribution in [1.82, 2.24) is 0 Å². The predicted molar refractivity (Wildman–Crippen MR) is 56.6 cm³/mol. The summed E-state index contributed by atoms with van der Waals surface area (Å²) in [6.45, 7) is 4.21. The first kappa shape index (κ1) is 9.22. The first-order valence-electron chi connectivity index (χ1n) is 4.47. The van der Waals surface area contributed by atoms with E-state index in [1.165, 1.54) is 5.56 Å². The summed E-state index contributed by atoms with van der Waals surface area (Å²) in [5.74, 6) is 0. The monoisotopic (exact) mass is 240 g/mol. The number of aliphatic hydroxyl groups is 1. The van der Waals surface area contributed by atoms with E-state index in [4.69, 9.17) is 0 Å². The zero-order chi connectivity index (χ0) is 9.64. The minimum Gasteiger partial charge on any atom is -0.388 e. The van der Waals surface area contributed by atoms with Crippen LogP contribution in [0.2, 0.25) is 0 Å². The Morgan fingerprint density at radius 1 is 1.46 bits per heavy atom. The molecule has 0 aliphatic heterocycles. The van der Waals surface area contributed by atoms with Gasteiger partial charge in [0.2, 0.25) is 0 Å². The van der Waals surface area contributed by atoms with Crippen molar-refractivity contribution < 1.29 is 5.11 Å². The van der Waals surface area contributed by atoms with Gasteiger partial charge in [-0.15, -0.1) is 0 Å². The normalized spacial score (nSPS) is 24.5. The van der Waals surface area contributed by atoms with Crippen LogP contribution in [0, 0.1) is 5.41 Å². The fourth-order valence-electron chi connectivity index (χ4n) is 2.00. The summed E-state index contributed by atoms with van der Waals surface area (Å²) < 4.78 is 1.09. The molecular formula is C11H13BrO. The van der Waals surface area contributed by atoms with Crippen LogP contribution in [0.1, 0.15) is 31.1 Å². The molecule has 1 aliphatic rings. The van der Waals surface area contributed by atoms with Crippen molar-refractivity contribution >= 4 is 15.9 Å². The Morgan fingerprint density at radius 3 is 2.85 bits per heavy atom. The van der Waals surface area contributed by atoms with Crippen LogP contribution < -0.4 is 0 Å². The molecule has 0 unspecified atom stereocenters. The van der Waals surface area contributed by atoms with Gasteiger partial charge in [-0.1, -0.05) is 35.8 Å². The van der Waals surface area contributed by atoms with E-state index in [0.717, 1.165) is 16.5 Å². The first-order valence-corrected chi connectivity index (χ1v) is 5.26. The molecule has 2 rings (SSSR count). The standard InChI is InChI=1S/C11H13BrO/c1-11(2)6-7-5-8(12)3-4-9(7)10(11)13/h3-5,10,13H,6H2,1-2H3/t10-/m1/s1. The highest BCUT2D eigenvalue weighted by atomic mass is 79.9. The average Bonchev–Trinajstić information content (AvgIpc) is 2.22. The van der Waals surface area contributed by atoms with Crippen molar-refractivity contribution in [3.05, 3.63) is 33.8 Å². The molecule has 0 bridgehead atoms. The Bertz CT molecular complexity index is 344. The molecule has 1 N–H and O–H groups in total. The van der Waals surface area contributed by atoms with Crippen molar-refractivity contribution in [3.8, 4) is 0 Å². The summed E-state index contributed by atoms with van der Waals surface area (Å²) in [7, 11) is 0. The molecule has 0 amide bonds. The number of aliphatic hydroxyl groups excluding tert-OH is 1. The van der Waals surface area contributed by atoms with Crippen molar-refractivity contribution in [2.24, 2.45) is 5.41 Å². The zero-order valence-corrected chi connectivity index (χ0v) is 9.43. The molecular weight excluding hydrogens is 228 g/mol. The topological polar surface area (TPSA) is 20.2 Å². The number of benzene rings is 1. The molecule has 0 heterocycles. The van der Waals surface area contributed by atoms with Gasteiger partial charge in [0, 0.05) is 4.47 Å². The highest BCUT2D eigenvalue weighted by Gasteiger charge is 2.37. The van der Waals surface area contributed by atoms with E-state index < -0.39 is 0 Å². The van der Waals surface area contributed by atoms with E-state index in [0.29, 0.717) is 0 Å². The van der Waals surface area contributed by atoms with E-state index in [1.807, 2.05) is 12.1 Å². The second-order valence-electron chi connectivity index (χ2n) is 4.41. The molecule has 13 heavy (non-hydrogen) atoms. The second-order valence-corrected chi connectivity index (χ2v) is 5.33. The predicted octanol–water partition coefficient (Wildman–Crippen LogP) is 3.06. The van der Waals surface area contributed by atoms with E-state index in [1.54, 1.807) is 0 Å². The summed E-state index contributed by atoms with van der Waals surface area (Å²) >= 11 is 3.44. The van der Waals surface area contributed by atoms with Gasteiger partial charge >= 0.3 is 0 Å². The molecule has 2 heteroatoms. The lowest BCUT2D eigenvalue weighted by atomic mass is 9.88. The lowest BCUT2D eigenvalue weighted by Crippen LogP contribution is -2.16. The minimum absolute atomic E-state index is 0.0108. The largest absolute Gasteiger partial charge is 0.388 e. The van der Waals surface area contributed by atoms with E-state index in [-0.39, 0.29) is 11.5 Å². The maximum atomic E-state index is 9.98. The van der Waals surface area contributed by atoms with Gasteiger partial charge in [0.1, 0.15) is 0 Å². The van der Waals surface area contributed by atoms with Gasteiger partial charge in [-0.25, -0.2) is 0 Å². The van der Waals surface area contributed by atoms with Gasteiger partial charge in [-0.2, -0.15) is 0 Å². The van der Waals surface area contributed by atoms with E-state index >= 15 is 0 Å². The van der Waals surface area contributed by atoms with Crippen molar-refractivity contribution in [2.45, 2.75) is 26.4 Å². The maximum absolute atomic E-state index is 9.98. The second kappa shape index (κ2) is 2.82. The lowest BCUT2D eigenvalue weighted by Gasteiger charge is -2.22. The number of halogens is 1. The lowest BCUT2D eigenvalue weighted by molar-refractivity contribution is 0.0666. The third-order valence-corrected chi connectivity index (χ3v) is 3.28. The van der Waals surface area contributed by atoms with E-state index in [2.05, 4.69) is 35.8 Å². The fourth-order valence-corrected chi connectivity index (χ4v) is 2.41. The van der Waals surface area contributed by atoms with Crippen LogP contribution in [0.4, 0.5) is 0 Å². The highest BCUT2D eigenvalue weighted by molar-refractivity contribution is 9.10. The Morgan fingerprint density at radius 2 is 2.15 bits per heavy atom. The Balaban J connectivity index is 2.50. The average molecular weight is 241 g/mol. The van der Waals surface area contributed by atoms with Crippen LogP contribution in [-0.4, -0.2) is 5.11 Å².